The van der Waals surface area contributed by atoms with Gasteiger partial charge in [-0.2, -0.15) is 0 Å². The summed E-state index contributed by atoms with van der Waals surface area (Å²) < 4.78 is 0. The summed E-state index contributed by atoms with van der Waals surface area (Å²) in [5.41, 5.74) is 3.07. The van der Waals surface area contributed by atoms with Gasteiger partial charge in [0, 0.05) is 12.7 Å². The van der Waals surface area contributed by atoms with E-state index in [-0.39, 0.29) is 0 Å². The molecular formula is C17H19NO2. The Labute approximate surface area is 119 Å². The van der Waals surface area contributed by atoms with E-state index in [4.69, 9.17) is 0 Å². The van der Waals surface area contributed by atoms with E-state index in [1.807, 2.05) is 61.6 Å². The standard InChI is InChI=1S/C17H19NO2/c1-18-16-10-6-5-9-14(16)11-12-15(17(19)20)13-7-3-2-4-8-13/h2-10,15,18H,11-12H2,1H3,(H,19,20)/t15-/m1/s1. The minimum Gasteiger partial charge on any atom is -0.481 e. The van der Waals surface area contributed by atoms with Gasteiger partial charge in [-0.25, -0.2) is 0 Å². The second kappa shape index (κ2) is 6.75. The lowest BCUT2D eigenvalue weighted by Crippen LogP contribution is -2.13. The molecule has 1 atom stereocenters. The average Bonchev–Trinajstić information content (AvgIpc) is 2.48. The first kappa shape index (κ1) is 14.1. The van der Waals surface area contributed by atoms with E-state index in [2.05, 4.69) is 5.32 Å². The molecule has 0 radical (unpaired) electrons. The highest BCUT2D eigenvalue weighted by molar-refractivity contribution is 5.76. The van der Waals surface area contributed by atoms with Gasteiger partial charge in [-0.1, -0.05) is 48.5 Å². The number of benzene rings is 2. The predicted molar refractivity (Wildman–Crippen MR) is 81.1 cm³/mol. The van der Waals surface area contributed by atoms with Crippen LogP contribution >= 0.6 is 0 Å². The molecule has 3 heteroatoms. The van der Waals surface area contributed by atoms with Crippen LogP contribution in [0.3, 0.4) is 0 Å². The Morgan fingerprint density at radius 1 is 1.10 bits per heavy atom. The van der Waals surface area contributed by atoms with Gasteiger partial charge in [-0.15, -0.1) is 0 Å². The molecule has 2 aromatic carbocycles. The number of nitrogens with one attached hydrogen (secondary N) is 1. The molecule has 104 valence electrons. The Balaban J connectivity index is 2.12. The first-order valence-corrected chi connectivity index (χ1v) is 6.75. The maximum Gasteiger partial charge on any atom is 0.310 e. The number of aliphatic carboxylic acids is 1. The number of hydrogen-bond donors (Lipinski definition) is 2. The van der Waals surface area contributed by atoms with Crippen molar-refractivity contribution < 1.29 is 9.90 Å². The van der Waals surface area contributed by atoms with Crippen molar-refractivity contribution in [2.24, 2.45) is 0 Å². The molecule has 0 heterocycles. The van der Waals surface area contributed by atoms with Crippen molar-refractivity contribution in [3.63, 3.8) is 0 Å². The van der Waals surface area contributed by atoms with Gasteiger partial charge in [-0.3, -0.25) is 4.79 Å². The Morgan fingerprint density at radius 3 is 2.40 bits per heavy atom. The van der Waals surface area contributed by atoms with Crippen LogP contribution in [0.25, 0.3) is 0 Å². The smallest absolute Gasteiger partial charge is 0.310 e. The minimum absolute atomic E-state index is 0.457. The van der Waals surface area contributed by atoms with Crippen molar-refractivity contribution in [1.29, 1.82) is 0 Å². The molecule has 0 unspecified atom stereocenters. The number of anilines is 1. The molecule has 0 aliphatic carbocycles. The molecule has 0 saturated heterocycles. The molecule has 3 nitrogen and oxygen atoms in total. The van der Waals surface area contributed by atoms with Gasteiger partial charge in [0.25, 0.3) is 0 Å². The zero-order valence-corrected chi connectivity index (χ0v) is 11.5. The summed E-state index contributed by atoms with van der Waals surface area (Å²) >= 11 is 0. The third-order valence-electron chi connectivity index (χ3n) is 3.49. The van der Waals surface area contributed by atoms with E-state index in [1.54, 1.807) is 0 Å². The fourth-order valence-electron chi connectivity index (χ4n) is 2.40. The van der Waals surface area contributed by atoms with Crippen LogP contribution in [0.5, 0.6) is 0 Å². The normalized spacial score (nSPS) is 11.8. The van der Waals surface area contributed by atoms with Crippen molar-refractivity contribution in [1.82, 2.24) is 0 Å². The van der Waals surface area contributed by atoms with E-state index in [1.165, 1.54) is 0 Å². The fourth-order valence-corrected chi connectivity index (χ4v) is 2.40. The first-order valence-electron chi connectivity index (χ1n) is 6.75. The number of carboxylic acid groups (broad SMARTS) is 1. The molecule has 0 spiro atoms. The Bertz CT molecular complexity index is 566. The van der Waals surface area contributed by atoms with Crippen LogP contribution < -0.4 is 5.32 Å². The van der Waals surface area contributed by atoms with Gasteiger partial charge < -0.3 is 10.4 Å². The molecule has 0 amide bonds. The molecule has 0 saturated carbocycles. The van der Waals surface area contributed by atoms with Gasteiger partial charge in [-0.05, 0) is 30.0 Å². The molecule has 20 heavy (non-hydrogen) atoms. The van der Waals surface area contributed by atoms with Gasteiger partial charge in [0.1, 0.15) is 0 Å². The monoisotopic (exact) mass is 269 g/mol. The third-order valence-corrected chi connectivity index (χ3v) is 3.49. The Hall–Kier alpha value is -2.29. The summed E-state index contributed by atoms with van der Waals surface area (Å²) in [5.74, 6) is -1.22. The summed E-state index contributed by atoms with van der Waals surface area (Å²) in [7, 11) is 1.88. The molecule has 0 fully saturated rings. The molecule has 0 aliphatic rings. The Kier molecular flexibility index (Phi) is 4.77. The van der Waals surface area contributed by atoms with Crippen molar-refractivity contribution in [2.45, 2.75) is 18.8 Å². The van der Waals surface area contributed by atoms with Gasteiger partial charge >= 0.3 is 5.97 Å². The highest BCUT2D eigenvalue weighted by atomic mass is 16.4. The quantitative estimate of drug-likeness (QED) is 0.843. The molecule has 2 aromatic rings. The highest BCUT2D eigenvalue weighted by Gasteiger charge is 2.19. The number of para-hydroxylation sites is 1. The second-order valence-corrected chi connectivity index (χ2v) is 4.75. The number of hydrogen-bond acceptors (Lipinski definition) is 2. The van der Waals surface area contributed by atoms with E-state index in [0.29, 0.717) is 6.42 Å². The third kappa shape index (κ3) is 3.38. The molecule has 0 aliphatic heterocycles. The van der Waals surface area contributed by atoms with Crippen LogP contribution in [0, 0.1) is 0 Å². The lowest BCUT2D eigenvalue weighted by Gasteiger charge is -2.14. The largest absolute Gasteiger partial charge is 0.481 e. The van der Waals surface area contributed by atoms with E-state index in [9.17, 15) is 9.90 Å². The van der Waals surface area contributed by atoms with Gasteiger partial charge in [0.15, 0.2) is 0 Å². The van der Waals surface area contributed by atoms with E-state index in [0.717, 1.165) is 23.2 Å². The van der Waals surface area contributed by atoms with Crippen molar-refractivity contribution in [2.75, 3.05) is 12.4 Å². The lowest BCUT2D eigenvalue weighted by molar-refractivity contribution is -0.138. The van der Waals surface area contributed by atoms with E-state index < -0.39 is 11.9 Å². The molecule has 2 rings (SSSR count). The van der Waals surface area contributed by atoms with Crippen molar-refractivity contribution in [3.8, 4) is 0 Å². The molecule has 0 aromatic heterocycles. The maximum atomic E-state index is 11.5. The van der Waals surface area contributed by atoms with Crippen LogP contribution in [0.2, 0.25) is 0 Å². The second-order valence-electron chi connectivity index (χ2n) is 4.75. The maximum absolute atomic E-state index is 11.5. The summed E-state index contributed by atoms with van der Waals surface area (Å²) in [6.45, 7) is 0. The van der Waals surface area contributed by atoms with Gasteiger partial charge in [0.05, 0.1) is 5.92 Å². The summed E-state index contributed by atoms with van der Waals surface area (Å²) in [6.07, 6.45) is 1.33. The van der Waals surface area contributed by atoms with Crippen LogP contribution in [0.15, 0.2) is 54.6 Å². The number of aryl methyl sites for hydroxylation is 1. The van der Waals surface area contributed by atoms with Crippen LogP contribution in [-0.2, 0) is 11.2 Å². The topological polar surface area (TPSA) is 49.3 Å². The van der Waals surface area contributed by atoms with Crippen LogP contribution in [-0.4, -0.2) is 18.1 Å². The number of carboxylic acids is 1. The zero-order chi connectivity index (χ0) is 14.4. The molecule has 2 N–H and O–H groups in total. The fraction of sp³-hybridized carbons (Fsp3) is 0.235. The first-order chi connectivity index (χ1) is 9.72. The SMILES string of the molecule is CNc1ccccc1CC[C@@H](C(=O)O)c1ccccc1. The molecule has 0 bridgehead atoms. The average molecular weight is 269 g/mol. The summed E-state index contributed by atoms with van der Waals surface area (Å²) in [5, 5.41) is 12.6. The predicted octanol–water partition coefficient (Wildman–Crippen LogP) is 3.53. The summed E-state index contributed by atoms with van der Waals surface area (Å²) in [4.78, 5) is 11.5. The summed E-state index contributed by atoms with van der Waals surface area (Å²) in [6, 6.07) is 17.4. The van der Waals surface area contributed by atoms with Gasteiger partial charge in [0.2, 0.25) is 0 Å². The van der Waals surface area contributed by atoms with Crippen LogP contribution in [0.1, 0.15) is 23.5 Å². The lowest BCUT2D eigenvalue weighted by atomic mass is 9.92. The zero-order valence-electron chi connectivity index (χ0n) is 11.5. The number of rotatable bonds is 6. The molecular weight excluding hydrogens is 250 g/mol. The van der Waals surface area contributed by atoms with Crippen molar-refractivity contribution in [3.05, 3.63) is 65.7 Å². The van der Waals surface area contributed by atoms with Crippen molar-refractivity contribution >= 4 is 11.7 Å². The highest BCUT2D eigenvalue weighted by Crippen LogP contribution is 2.24. The van der Waals surface area contributed by atoms with Crippen LogP contribution in [0.4, 0.5) is 5.69 Å². The van der Waals surface area contributed by atoms with E-state index >= 15 is 0 Å². The minimum atomic E-state index is -0.766. The Morgan fingerprint density at radius 2 is 1.75 bits per heavy atom. The number of carbonyl (C=O) groups is 1.